The molecule has 35 heavy (non-hydrogen) atoms. The Morgan fingerprint density at radius 3 is 1.91 bits per heavy atom. The third-order valence-corrected chi connectivity index (χ3v) is 7.14. The zero-order valence-corrected chi connectivity index (χ0v) is 19.3. The molecule has 0 amide bonds. The van der Waals surface area contributed by atoms with E-state index in [1.54, 1.807) is 0 Å². The molecule has 0 aromatic heterocycles. The number of rotatable bonds is 2. The molecule has 0 saturated carbocycles. The molecule has 5 aromatic rings. The van der Waals surface area contributed by atoms with Crippen molar-refractivity contribution < 1.29 is 4.79 Å². The Labute approximate surface area is 204 Å². The van der Waals surface area contributed by atoms with Gasteiger partial charge in [-0.25, -0.2) is 0 Å². The average Bonchev–Trinajstić information content (AvgIpc) is 3.21. The maximum atomic E-state index is 13.1. The van der Waals surface area contributed by atoms with Crippen LogP contribution >= 0.6 is 0 Å². The highest BCUT2D eigenvalue weighted by atomic mass is 16.1. The summed E-state index contributed by atoms with van der Waals surface area (Å²) in [4.78, 5) is 17.6. The molecule has 0 saturated heterocycles. The van der Waals surface area contributed by atoms with E-state index in [-0.39, 0.29) is 5.78 Å². The first-order valence-electron chi connectivity index (χ1n) is 11.8. The summed E-state index contributed by atoms with van der Waals surface area (Å²) in [5, 5.41) is 0. The van der Waals surface area contributed by atoms with Gasteiger partial charge in [0, 0.05) is 23.9 Å². The van der Waals surface area contributed by atoms with Crippen LogP contribution < -0.4 is 9.80 Å². The molecule has 2 aliphatic rings. The van der Waals surface area contributed by atoms with Crippen molar-refractivity contribution in [3.8, 4) is 22.3 Å². The van der Waals surface area contributed by atoms with Gasteiger partial charge in [0.25, 0.3) is 0 Å². The van der Waals surface area contributed by atoms with E-state index in [0.717, 1.165) is 61.8 Å². The van der Waals surface area contributed by atoms with Crippen LogP contribution in [-0.2, 0) is 0 Å². The van der Waals surface area contributed by atoms with E-state index in [1.165, 1.54) is 0 Å². The number of hydrogen-bond donors (Lipinski definition) is 0. The Hall–Kier alpha value is -4.63. The molecule has 3 nitrogen and oxygen atoms in total. The van der Waals surface area contributed by atoms with Gasteiger partial charge in [0.2, 0.25) is 0 Å². The molecule has 166 valence electrons. The van der Waals surface area contributed by atoms with E-state index in [1.807, 2.05) is 36.4 Å². The molecule has 0 unspecified atom stereocenters. The molecule has 5 aromatic carbocycles. The summed E-state index contributed by atoms with van der Waals surface area (Å²) < 4.78 is 0. The maximum absolute atomic E-state index is 13.1. The van der Waals surface area contributed by atoms with Crippen LogP contribution in [0.3, 0.4) is 0 Å². The average molecular weight is 451 g/mol. The fraction of sp³-hybridized carbons (Fsp3) is 0.0312. The molecule has 3 heteroatoms. The number of carbonyl (C=O) groups excluding carboxylic acids is 1. The predicted octanol–water partition coefficient (Wildman–Crippen LogP) is 8.12. The Balaban J connectivity index is 1.37. The van der Waals surface area contributed by atoms with E-state index >= 15 is 0 Å². The van der Waals surface area contributed by atoms with Crippen molar-refractivity contribution >= 4 is 34.2 Å². The first-order chi connectivity index (χ1) is 17.2. The third-order valence-electron chi connectivity index (χ3n) is 7.14. The van der Waals surface area contributed by atoms with E-state index < -0.39 is 0 Å². The summed E-state index contributed by atoms with van der Waals surface area (Å²) in [6.45, 7) is 0. The molecule has 0 atom stereocenters. The lowest BCUT2D eigenvalue weighted by Gasteiger charge is -2.38. The van der Waals surface area contributed by atoms with Gasteiger partial charge < -0.3 is 9.80 Å². The zero-order chi connectivity index (χ0) is 23.5. The summed E-state index contributed by atoms with van der Waals surface area (Å²) in [5.74, 6) is 0.108. The van der Waals surface area contributed by atoms with E-state index in [9.17, 15) is 4.79 Å². The fourth-order valence-electron chi connectivity index (χ4n) is 5.42. The van der Waals surface area contributed by atoms with Gasteiger partial charge in [-0.2, -0.15) is 0 Å². The van der Waals surface area contributed by atoms with E-state index in [4.69, 9.17) is 0 Å². The van der Waals surface area contributed by atoms with Gasteiger partial charge in [0.15, 0.2) is 5.78 Å². The van der Waals surface area contributed by atoms with Gasteiger partial charge >= 0.3 is 0 Å². The number of anilines is 5. The fourth-order valence-corrected chi connectivity index (χ4v) is 5.42. The highest BCUT2D eigenvalue weighted by Gasteiger charge is 2.29. The lowest BCUT2D eigenvalue weighted by molar-refractivity contribution is 0.104. The lowest BCUT2D eigenvalue weighted by atomic mass is 9.97. The number of ketones is 1. The summed E-state index contributed by atoms with van der Waals surface area (Å²) in [5.41, 5.74) is 11.5. The molecule has 1 aliphatic heterocycles. The summed E-state index contributed by atoms with van der Waals surface area (Å²) in [6.07, 6.45) is 0. The van der Waals surface area contributed by atoms with Gasteiger partial charge in [0.05, 0.1) is 22.7 Å². The van der Waals surface area contributed by atoms with Crippen LogP contribution in [0.15, 0.2) is 115 Å². The normalized spacial score (nSPS) is 13.2. The van der Waals surface area contributed by atoms with Crippen LogP contribution in [0, 0.1) is 0 Å². The number of para-hydroxylation sites is 3. The minimum atomic E-state index is 0.108. The highest BCUT2D eigenvalue weighted by Crippen LogP contribution is 2.51. The van der Waals surface area contributed by atoms with Crippen molar-refractivity contribution in [1.82, 2.24) is 0 Å². The first-order valence-corrected chi connectivity index (χ1v) is 11.8. The number of benzene rings is 5. The van der Waals surface area contributed by atoms with Crippen molar-refractivity contribution in [3.63, 3.8) is 0 Å². The largest absolute Gasteiger partial charge is 0.341 e. The number of fused-ring (bicyclic) bond motifs is 5. The van der Waals surface area contributed by atoms with Crippen molar-refractivity contribution in [1.29, 1.82) is 0 Å². The summed E-state index contributed by atoms with van der Waals surface area (Å²) in [6, 6.07) is 39.7. The molecular weight excluding hydrogens is 428 g/mol. The number of nitrogens with zero attached hydrogens (tertiary/aromatic N) is 2. The van der Waals surface area contributed by atoms with Gasteiger partial charge in [-0.05, 0) is 64.7 Å². The summed E-state index contributed by atoms with van der Waals surface area (Å²) in [7, 11) is 2.12. The second-order valence-electron chi connectivity index (χ2n) is 9.06. The second-order valence-corrected chi connectivity index (χ2v) is 9.06. The van der Waals surface area contributed by atoms with Crippen LogP contribution in [0.5, 0.6) is 0 Å². The zero-order valence-electron chi connectivity index (χ0n) is 19.3. The van der Waals surface area contributed by atoms with Crippen LogP contribution in [0.4, 0.5) is 28.4 Å². The van der Waals surface area contributed by atoms with Gasteiger partial charge in [-0.3, -0.25) is 4.79 Å². The van der Waals surface area contributed by atoms with Crippen molar-refractivity contribution in [3.05, 3.63) is 126 Å². The topological polar surface area (TPSA) is 23.6 Å². The smallest absolute Gasteiger partial charge is 0.194 e. The van der Waals surface area contributed by atoms with Crippen molar-refractivity contribution in [2.24, 2.45) is 0 Å². The molecule has 1 heterocycles. The van der Waals surface area contributed by atoms with Gasteiger partial charge in [-0.1, -0.05) is 72.8 Å². The second kappa shape index (κ2) is 7.44. The van der Waals surface area contributed by atoms with Crippen LogP contribution in [0.25, 0.3) is 22.3 Å². The standard InChI is InChI=1S/C32H22N2O/c1-33-28-13-7-8-14-29(28)34(23-9-3-2-4-10-23)30-18-16-22(20-31(30)33)21-15-17-25-24-11-5-6-12-26(24)32(35)27(25)19-21/h2-20H,1H3. The Bertz CT molecular complexity index is 1640. The minimum absolute atomic E-state index is 0.108. The molecule has 0 radical (unpaired) electrons. The van der Waals surface area contributed by atoms with Gasteiger partial charge in [-0.15, -0.1) is 0 Å². The monoisotopic (exact) mass is 450 g/mol. The Kier molecular flexibility index (Phi) is 4.21. The molecule has 0 fully saturated rings. The van der Waals surface area contributed by atoms with Crippen LogP contribution in [0.2, 0.25) is 0 Å². The lowest BCUT2D eigenvalue weighted by Crippen LogP contribution is -2.24. The quantitative estimate of drug-likeness (QED) is 0.266. The molecule has 1 aliphatic carbocycles. The van der Waals surface area contributed by atoms with Crippen molar-refractivity contribution in [2.75, 3.05) is 16.8 Å². The van der Waals surface area contributed by atoms with Crippen LogP contribution in [-0.4, -0.2) is 12.8 Å². The number of hydrogen-bond acceptors (Lipinski definition) is 3. The predicted molar refractivity (Wildman–Crippen MR) is 143 cm³/mol. The molecule has 0 bridgehead atoms. The third kappa shape index (κ3) is 2.88. The van der Waals surface area contributed by atoms with Crippen LogP contribution in [0.1, 0.15) is 15.9 Å². The molecule has 0 spiro atoms. The highest BCUT2D eigenvalue weighted by molar-refractivity contribution is 6.22. The van der Waals surface area contributed by atoms with E-state index in [2.05, 4.69) is 95.7 Å². The number of carbonyl (C=O) groups is 1. The minimum Gasteiger partial charge on any atom is -0.341 e. The van der Waals surface area contributed by atoms with E-state index in [0.29, 0.717) is 0 Å². The first kappa shape index (κ1) is 19.8. The molecular formula is C32H22N2O. The Morgan fingerprint density at radius 1 is 0.486 bits per heavy atom. The molecule has 7 rings (SSSR count). The summed E-state index contributed by atoms with van der Waals surface area (Å²) >= 11 is 0. The Morgan fingerprint density at radius 2 is 1.09 bits per heavy atom. The SMILES string of the molecule is CN1c2ccccc2N(c2ccccc2)c2ccc(-c3ccc4c(c3)C(=O)c3ccccc3-4)cc21. The van der Waals surface area contributed by atoms with Gasteiger partial charge in [0.1, 0.15) is 0 Å². The maximum Gasteiger partial charge on any atom is 0.194 e. The van der Waals surface area contributed by atoms with Crippen molar-refractivity contribution in [2.45, 2.75) is 0 Å². The molecule has 0 N–H and O–H groups in total.